The van der Waals surface area contributed by atoms with Crippen LogP contribution in [-0.2, 0) is 19.1 Å². The SMILES string of the molecule is CCCCCCC/C=C/CCCCCCCC(=O)OC[C@H](CO)OC(=O)CCCCCCCCCCCCCCCCCCCCC. The standard InChI is InChI=1S/C42H80O5/c1-3-5-7-9-11-13-15-17-19-20-21-22-23-25-27-29-31-33-35-37-42(45)47-40(38-43)39-46-41(44)36-34-32-30-28-26-24-18-16-14-12-10-8-6-4-2/h16,18,40,43H,3-15,17,19-39H2,1-2H3/b18-16+/t40-/m0/s1. The van der Waals surface area contributed by atoms with Crippen LogP contribution in [-0.4, -0.2) is 36.4 Å². The Hall–Kier alpha value is -1.36. The molecule has 0 rings (SSSR count). The summed E-state index contributed by atoms with van der Waals surface area (Å²) in [6, 6.07) is 0. The summed E-state index contributed by atoms with van der Waals surface area (Å²) in [6.07, 6.45) is 44.2. The summed E-state index contributed by atoms with van der Waals surface area (Å²) in [5.74, 6) is -0.589. The van der Waals surface area contributed by atoms with Gasteiger partial charge in [-0.05, 0) is 38.5 Å². The Morgan fingerprint density at radius 3 is 1.15 bits per heavy atom. The maximum atomic E-state index is 12.2. The summed E-state index contributed by atoms with van der Waals surface area (Å²) in [4.78, 5) is 24.3. The molecule has 0 aromatic carbocycles. The first-order chi connectivity index (χ1) is 23.1. The molecule has 0 aromatic heterocycles. The molecule has 0 unspecified atom stereocenters. The highest BCUT2D eigenvalue weighted by atomic mass is 16.6. The number of rotatable bonds is 38. The Labute approximate surface area is 292 Å². The van der Waals surface area contributed by atoms with Gasteiger partial charge < -0.3 is 14.6 Å². The normalized spacial score (nSPS) is 12.1. The Morgan fingerprint density at radius 1 is 0.468 bits per heavy atom. The maximum absolute atomic E-state index is 12.2. The lowest BCUT2D eigenvalue weighted by Crippen LogP contribution is -2.28. The van der Waals surface area contributed by atoms with E-state index in [2.05, 4.69) is 26.0 Å². The van der Waals surface area contributed by atoms with Gasteiger partial charge in [-0.3, -0.25) is 9.59 Å². The predicted molar refractivity (Wildman–Crippen MR) is 201 cm³/mol. The largest absolute Gasteiger partial charge is 0.462 e. The Balaban J connectivity index is 3.50. The van der Waals surface area contributed by atoms with E-state index in [4.69, 9.17) is 9.47 Å². The van der Waals surface area contributed by atoms with Gasteiger partial charge in [0.15, 0.2) is 6.10 Å². The van der Waals surface area contributed by atoms with Crippen molar-refractivity contribution >= 4 is 11.9 Å². The summed E-state index contributed by atoms with van der Waals surface area (Å²) < 4.78 is 10.6. The highest BCUT2D eigenvalue weighted by Gasteiger charge is 2.16. The van der Waals surface area contributed by atoms with Gasteiger partial charge in [0, 0.05) is 12.8 Å². The van der Waals surface area contributed by atoms with E-state index in [1.165, 1.54) is 154 Å². The summed E-state index contributed by atoms with van der Waals surface area (Å²) in [5, 5.41) is 9.56. The van der Waals surface area contributed by atoms with Crippen molar-refractivity contribution in [3.05, 3.63) is 12.2 Å². The van der Waals surface area contributed by atoms with E-state index in [1.54, 1.807) is 0 Å². The third-order valence-electron chi connectivity index (χ3n) is 9.31. The smallest absolute Gasteiger partial charge is 0.306 e. The summed E-state index contributed by atoms with van der Waals surface area (Å²) >= 11 is 0. The predicted octanol–water partition coefficient (Wildman–Crippen LogP) is 12.9. The lowest BCUT2D eigenvalue weighted by Gasteiger charge is -2.15. The van der Waals surface area contributed by atoms with Crippen molar-refractivity contribution in [2.75, 3.05) is 13.2 Å². The number of unbranched alkanes of at least 4 members (excludes halogenated alkanes) is 28. The fourth-order valence-corrected chi connectivity index (χ4v) is 6.14. The van der Waals surface area contributed by atoms with E-state index in [0.29, 0.717) is 12.8 Å². The van der Waals surface area contributed by atoms with Crippen molar-refractivity contribution in [1.29, 1.82) is 0 Å². The molecule has 0 radical (unpaired) electrons. The minimum Gasteiger partial charge on any atom is -0.462 e. The van der Waals surface area contributed by atoms with E-state index in [1.807, 2.05) is 0 Å². The molecule has 0 bridgehead atoms. The monoisotopic (exact) mass is 665 g/mol. The second-order valence-corrected chi connectivity index (χ2v) is 14.1. The molecule has 1 atom stereocenters. The number of esters is 2. The second-order valence-electron chi connectivity index (χ2n) is 14.1. The summed E-state index contributed by atoms with van der Waals surface area (Å²) in [6.45, 7) is 4.14. The van der Waals surface area contributed by atoms with Crippen LogP contribution in [0.2, 0.25) is 0 Å². The zero-order valence-corrected chi connectivity index (χ0v) is 31.6. The summed E-state index contributed by atoms with van der Waals surface area (Å²) in [7, 11) is 0. The van der Waals surface area contributed by atoms with Gasteiger partial charge >= 0.3 is 11.9 Å². The van der Waals surface area contributed by atoms with Gasteiger partial charge in [-0.15, -0.1) is 0 Å². The van der Waals surface area contributed by atoms with Gasteiger partial charge in [-0.25, -0.2) is 0 Å². The molecule has 0 amide bonds. The highest BCUT2D eigenvalue weighted by molar-refractivity contribution is 5.70. The molecule has 0 saturated heterocycles. The number of aliphatic hydroxyl groups excluding tert-OH is 1. The zero-order valence-electron chi connectivity index (χ0n) is 31.6. The van der Waals surface area contributed by atoms with Crippen LogP contribution < -0.4 is 0 Å². The van der Waals surface area contributed by atoms with Crippen molar-refractivity contribution < 1.29 is 24.2 Å². The Kier molecular flexibility index (Phi) is 38.0. The van der Waals surface area contributed by atoms with Crippen molar-refractivity contribution in [2.24, 2.45) is 0 Å². The number of carbonyl (C=O) groups excluding carboxylic acids is 2. The van der Waals surface area contributed by atoms with Gasteiger partial charge in [0.1, 0.15) is 6.61 Å². The third kappa shape index (κ3) is 37.3. The minimum absolute atomic E-state index is 0.0643. The molecule has 1 N–H and O–H groups in total. The number of ether oxygens (including phenoxy) is 2. The van der Waals surface area contributed by atoms with Crippen molar-refractivity contribution in [1.82, 2.24) is 0 Å². The van der Waals surface area contributed by atoms with Crippen LogP contribution in [0.3, 0.4) is 0 Å². The quantitative estimate of drug-likeness (QED) is 0.0404. The van der Waals surface area contributed by atoms with Gasteiger partial charge in [0.2, 0.25) is 0 Å². The molecular formula is C42H80O5. The van der Waals surface area contributed by atoms with Crippen molar-refractivity contribution in [2.45, 2.75) is 232 Å². The molecule has 0 spiro atoms. The molecule has 47 heavy (non-hydrogen) atoms. The van der Waals surface area contributed by atoms with Crippen LogP contribution in [0.1, 0.15) is 226 Å². The molecule has 0 heterocycles. The van der Waals surface area contributed by atoms with Crippen LogP contribution in [0.25, 0.3) is 0 Å². The first-order valence-electron chi connectivity index (χ1n) is 20.7. The first-order valence-corrected chi connectivity index (χ1v) is 20.7. The zero-order chi connectivity index (χ0) is 34.3. The molecule has 278 valence electrons. The average molecular weight is 665 g/mol. The number of hydrogen-bond donors (Lipinski definition) is 1. The van der Waals surface area contributed by atoms with Crippen LogP contribution in [0.5, 0.6) is 0 Å². The molecule has 5 nitrogen and oxygen atoms in total. The topological polar surface area (TPSA) is 72.8 Å². The van der Waals surface area contributed by atoms with Crippen molar-refractivity contribution in [3.8, 4) is 0 Å². The summed E-state index contributed by atoms with van der Waals surface area (Å²) in [5.41, 5.74) is 0. The van der Waals surface area contributed by atoms with Crippen molar-refractivity contribution in [3.63, 3.8) is 0 Å². The van der Waals surface area contributed by atoms with Gasteiger partial charge in [0.25, 0.3) is 0 Å². The molecule has 0 aliphatic heterocycles. The molecule has 0 aromatic rings. The average Bonchev–Trinajstić information content (AvgIpc) is 3.07. The van der Waals surface area contributed by atoms with E-state index in [9.17, 15) is 14.7 Å². The first kappa shape index (κ1) is 45.6. The maximum Gasteiger partial charge on any atom is 0.306 e. The third-order valence-corrected chi connectivity index (χ3v) is 9.31. The van der Waals surface area contributed by atoms with E-state index in [0.717, 1.165) is 44.9 Å². The number of allylic oxidation sites excluding steroid dienone is 2. The van der Waals surface area contributed by atoms with Crippen LogP contribution in [0, 0.1) is 0 Å². The molecule has 0 aliphatic rings. The second kappa shape index (κ2) is 39.1. The fourth-order valence-electron chi connectivity index (χ4n) is 6.14. The number of hydrogen-bond acceptors (Lipinski definition) is 5. The van der Waals surface area contributed by atoms with Crippen LogP contribution >= 0.6 is 0 Å². The number of carbonyl (C=O) groups is 2. The van der Waals surface area contributed by atoms with Gasteiger partial charge in [0.05, 0.1) is 6.61 Å². The lowest BCUT2D eigenvalue weighted by atomic mass is 10.0. The number of aliphatic hydroxyl groups is 1. The minimum atomic E-state index is -0.767. The van der Waals surface area contributed by atoms with Gasteiger partial charge in [-0.1, -0.05) is 187 Å². The van der Waals surface area contributed by atoms with E-state index >= 15 is 0 Å². The molecule has 0 fully saturated rings. The van der Waals surface area contributed by atoms with E-state index in [-0.39, 0.29) is 25.2 Å². The molecule has 0 aliphatic carbocycles. The molecule has 0 saturated carbocycles. The van der Waals surface area contributed by atoms with Gasteiger partial charge in [-0.2, -0.15) is 0 Å². The van der Waals surface area contributed by atoms with E-state index < -0.39 is 6.10 Å². The Morgan fingerprint density at radius 2 is 0.787 bits per heavy atom. The molecule has 5 heteroatoms. The lowest BCUT2D eigenvalue weighted by molar-refractivity contribution is -0.161. The molecular weight excluding hydrogens is 584 g/mol. The fraction of sp³-hybridized carbons (Fsp3) is 0.905. The highest BCUT2D eigenvalue weighted by Crippen LogP contribution is 2.15. The van der Waals surface area contributed by atoms with Crippen LogP contribution in [0.4, 0.5) is 0 Å². The van der Waals surface area contributed by atoms with Crippen LogP contribution in [0.15, 0.2) is 12.2 Å². The Bertz CT molecular complexity index is 676.